The van der Waals surface area contributed by atoms with Gasteiger partial charge in [0.05, 0.1) is 16.6 Å². The molecule has 1 atom stereocenters. The lowest BCUT2D eigenvalue weighted by atomic mass is 10.0. The first-order chi connectivity index (χ1) is 9.59. The average Bonchev–Trinajstić information content (AvgIpc) is 2.44. The van der Waals surface area contributed by atoms with Gasteiger partial charge in [-0.25, -0.2) is 4.79 Å². The van der Waals surface area contributed by atoms with Crippen LogP contribution in [0.3, 0.4) is 0 Å². The van der Waals surface area contributed by atoms with Gasteiger partial charge in [-0.15, -0.1) is 0 Å². The smallest absolute Gasteiger partial charge is 0.339 e. The number of likely N-dealkylation sites (tertiary alicyclic amines) is 1. The van der Waals surface area contributed by atoms with Crippen LogP contribution in [0.5, 0.6) is 0 Å². The summed E-state index contributed by atoms with van der Waals surface area (Å²) < 4.78 is 5.97. The number of benzene rings is 1. The molecule has 1 unspecified atom stereocenters. The van der Waals surface area contributed by atoms with Gasteiger partial charge < -0.3 is 15.4 Å². The summed E-state index contributed by atoms with van der Waals surface area (Å²) in [5.74, 6) is -0.317. The Hall–Kier alpha value is -1.07. The number of carbonyl (C=O) groups excluding carboxylic acids is 1. The Bertz CT molecular complexity index is 479. The number of carbonyl (C=O) groups is 1. The van der Waals surface area contributed by atoms with E-state index >= 15 is 0 Å². The quantitative estimate of drug-likeness (QED) is 0.676. The standard InChI is InChI=1S/C15H21BrN2O2/c1-18-9-3-2-5-11(18)8-10-20-15(19)12-6-4-7-13(17)14(12)16/h4,6-7,11H,2-3,5,8-10,17H2,1H3. The van der Waals surface area contributed by atoms with Gasteiger partial charge in [0.25, 0.3) is 0 Å². The van der Waals surface area contributed by atoms with Gasteiger partial charge in [0, 0.05) is 11.7 Å². The van der Waals surface area contributed by atoms with E-state index in [2.05, 4.69) is 27.9 Å². The van der Waals surface area contributed by atoms with Gasteiger partial charge in [0.2, 0.25) is 0 Å². The molecule has 0 spiro atoms. The van der Waals surface area contributed by atoms with Gasteiger partial charge in [-0.2, -0.15) is 0 Å². The predicted molar refractivity (Wildman–Crippen MR) is 83.7 cm³/mol. The molecule has 110 valence electrons. The number of nitrogens with two attached hydrogens (primary N) is 1. The van der Waals surface area contributed by atoms with Crippen molar-refractivity contribution in [2.24, 2.45) is 0 Å². The second-order valence-electron chi connectivity index (χ2n) is 5.26. The van der Waals surface area contributed by atoms with Gasteiger partial charge in [0.1, 0.15) is 0 Å². The molecule has 0 saturated carbocycles. The molecule has 4 nitrogen and oxygen atoms in total. The van der Waals surface area contributed by atoms with Crippen LogP contribution in [-0.2, 0) is 4.74 Å². The Morgan fingerprint density at radius 3 is 3.05 bits per heavy atom. The molecule has 1 aromatic carbocycles. The lowest BCUT2D eigenvalue weighted by molar-refractivity contribution is 0.0449. The molecule has 1 aliphatic heterocycles. The number of piperidine rings is 1. The molecule has 0 aromatic heterocycles. The van der Waals surface area contributed by atoms with Crippen molar-refractivity contribution in [2.45, 2.75) is 31.7 Å². The molecule has 20 heavy (non-hydrogen) atoms. The van der Waals surface area contributed by atoms with Crippen LogP contribution in [0.4, 0.5) is 5.69 Å². The zero-order chi connectivity index (χ0) is 14.5. The Morgan fingerprint density at radius 2 is 2.30 bits per heavy atom. The second kappa shape index (κ2) is 7.09. The average molecular weight is 341 g/mol. The third-order valence-corrected chi connectivity index (χ3v) is 4.74. The summed E-state index contributed by atoms with van der Waals surface area (Å²) in [4.78, 5) is 14.4. The highest BCUT2D eigenvalue weighted by molar-refractivity contribution is 9.10. The van der Waals surface area contributed by atoms with Crippen LogP contribution in [0.15, 0.2) is 22.7 Å². The lowest BCUT2D eigenvalue weighted by Crippen LogP contribution is -2.37. The maximum atomic E-state index is 12.0. The van der Waals surface area contributed by atoms with Crippen molar-refractivity contribution in [3.8, 4) is 0 Å². The van der Waals surface area contributed by atoms with Crippen LogP contribution in [0.25, 0.3) is 0 Å². The van der Waals surface area contributed by atoms with Crippen LogP contribution in [-0.4, -0.2) is 37.1 Å². The SMILES string of the molecule is CN1CCCCC1CCOC(=O)c1cccc(N)c1Br. The van der Waals surface area contributed by atoms with Crippen molar-refractivity contribution in [2.75, 3.05) is 25.9 Å². The minimum Gasteiger partial charge on any atom is -0.462 e. The first-order valence-corrected chi connectivity index (χ1v) is 7.80. The summed E-state index contributed by atoms with van der Waals surface area (Å²) in [6.45, 7) is 1.59. The maximum absolute atomic E-state index is 12.0. The predicted octanol–water partition coefficient (Wildman–Crippen LogP) is 3.06. The van der Waals surface area contributed by atoms with E-state index in [1.54, 1.807) is 18.2 Å². The van der Waals surface area contributed by atoms with Crippen LogP contribution < -0.4 is 5.73 Å². The molecule has 2 N–H and O–H groups in total. The van der Waals surface area contributed by atoms with E-state index < -0.39 is 0 Å². The molecule has 0 amide bonds. The minimum absolute atomic E-state index is 0.317. The molecule has 1 aromatic rings. The fraction of sp³-hybridized carbons (Fsp3) is 0.533. The number of hydrogen-bond donors (Lipinski definition) is 1. The van der Waals surface area contributed by atoms with Gasteiger partial charge in [-0.3, -0.25) is 0 Å². The minimum atomic E-state index is -0.317. The molecule has 1 fully saturated rings. The van der Waals surface area contributed by atoms with Crippen molar-refractivity contribution in [1.82, 2.24) is 4.90 Å². The number of nitrogens with zero attached hydrogens (tertiary/aromatic N) is 1. The summed E-state index contributed by atoms with van der Waals surface area (Å²) in [5, 5.41) is 0. The fourth-order valence-electron chi connectivity index (χ4n) is 2.58. The number of anilines is 1. The van der Waals surface area contributed by atoms with Gasteiger partial charge >= 0.3 is 5.97 Å². The van der Waals surface area contributed by atoms with E-state index in [1.165, 1.54) is 19.3 Å². The first-order valence-electron chi connectivity index (χ1n) is 7.01. The fourth-order valence-corrected chi connectivity index (χ4v) is 3.01. The van der Waals surface area contributed by atoms with Crippen molar-refractivity contribution in [1.29, 1.82) is 0 Å². The van der Waals surface area contributed by atoms with Crippen LogP contribution in [0, 0.1) is 0 Å². The Morgan fingerprint density at radius 1 is 1.50 bits per heavy atom. The third kappa shape index (κ3) is 3.73. The largest absolute Gasteiger partial charge is 0.462 e. The van der Waals surface area contributed by atoms with E-state index in [-0.39, 0.29) is 5.97 Å². The summed E-state index contributed by atoms with van der Waals surface area (Å²) in [6.07, 6.45) is 4.62. The normalized spacial score (nSPS) is 19.8. The van der Waals surface area contributed by atoms with Crippen molar-refractivity contribution in [3.05, 3.63) is 28.2 Å². The van der Waals surface area contributed by atoms with E-state index in [0.29, 0.717) is 28.4 Å². The summed E-state index contributed by atoms with van der Waals surface area (Å²) >= 11 is 3.32. The highest BCUT2D eigenvalue weighted by atomic mass is 79.9. The lowest BCUT2D eigenvalue weighted by Gasteiger charge is -2.32. The summed E-state index contributed by atoms with van der Waals surface area (Å²) in [6, 6.07) is 5.75. The van der Waals surface area contributed by atoms with Crippen molar-refractivity contribution in [3.63, 3.8) is 0 Å². The van der Waals surface area contributed by atoms with Crippen LogP contribution in [0.2, 0.25) is 0 Å². The third-order valence-electron chi connectivity index (χ3n) is 3.85. The zero-order valence-electron chi connectivity index (χ0n) is 11.8. The van der Waals surface area contributed by atoms with E-state index in [4.69, 9.17) is 10.5 Å². The second-order valence-corrected chi connectivity index (χ2v) is 6.06. The van der Waals surface area contributed by atoms with Gasteiger partial charge in [-0.05, 0) is 60.9 Å². The molecule has 1 saturated heterocycles. The molecular weight excluding hydrogens is 320 g/mol. The van der Waals surface area contributed by atoms with Crippen LogP contribution in [0.1, 0.15) is 36.0 Å². The van der Waals surface area contributed by atoms with Gasteiger partial charge in [0.15, 0.2) is 0 Å². The summed E-state index contributed by atoms with van der Waals surface area (Å²) in [5.41, 5.74) is 6.80. The number of nitrogen functional groups attached to an aromatic ring is 1. The zero-order valence-corrected chi connectivity index (χ0v) is 13.4. The highest BCUT2D eigenvalue weighted by Gasteiger charge is 2.19. The number of ether oxygens (including phenoxy) is 1. The number of halogens is 1. The molecule has 5 heteroatoms. The maximum Gasteiger partial charge on any atom is 0.339 e. The molecule has 1 aliphatic rings. The molecule has 1 heterocycles. The van der Waals surface area contributed by atoms with E-state index in [0.717, 1.165) is 13.0 Å². The monoisotopic (exact) mass is 340 g/mol. The molecule has 0 radical (unpaired) electrons. The summed E-state index contributed by atoms with van der Waals surface area (Å²) in [7, 11) is 2.14. The number of rotatable bonds is 4. The van der Waals surface area contributed by atoms with E-state index in [1.807, 2.05) is 0 Å². The topological polar surface area (TPSA) is 55.6 Å². The molecule has 2 rings (SSSR count). The molecular formula is C15H21BrN2O2. The van der Waals surface area contributed by atoms with Crippen LogP contribution >= 0.6 is 15.9 Å². The van der Waals surface area contributed by atoms with Gasteiger partial charge in [-0.1, -0.05) is 12.5 Å². The Kier molecular flexibility index (Phi) is 5.43. The highest BCUT2D eigenvalue weighted by Crippen LogP contribution is 2.24. The Labute approximate surface area is 128 Å². The molecule has 0 aliphatic carbocycles. The van der Waals surface area contributed by atoms with Crippen molar-refractivity contribution < 1.29 is 9.53 Å². The Balaban J connectivity index is 1.84. The van der Waals surface area contributed by atoms with E-state index in [9.17, 15) is 4.79 Å². The first kappa shape index (κ1) is 15.3. The van der Waals surface area contributed by atoms with Crippen molar-refractivity contribution >= 4 is 27.6 Å². The molecule has 0 bridgehead atoms. The number of hydrogen-bond acceptors (Lipinski definition) is 4. The number of esters is 1.